The average Bonchev–Trinajstić information content (AvgIpc) is 2.59. The van der Waals surface area contributed by atoms with Crippen LogP contribution < -0.4 is 0 Å². The number of hydrogen-bond donors (Lipinski definition) is 2. The average molecular weight is 258 g/mol. The minimum atomic E-state index is -0.688. The second-order valence-electron chi connectivity index (χ2n) is 4.91. The maximum Gasteiger partial charge on any atom is 0.164 e. The van der Waals surface area contributed by atoms with Crippen LogP contribution in [0.3, 0.4) is 0 Å². The minimum Gasteiger partial charge on any atom is -0.510 e. The van der Waals surface area contributed by atoms with E-state index in [1.807, 2.05) is 13.8 Å². The summed E-state index contributed by atoms with van der Waals surface area (Å²) >= 11 is 0. The Labute approximate surface area is 107 Å². The predicted molar refractivity (Wildman–Crippen MR) is 66.2 cm³/mol. The van der Waals surface area contributed by atoms with Gasteiger partial charge in [-0.2, -0.15) is 0 Å². The Kier molecular flexibility index (Phi) is 5.78. The Morgan fingerprint density at radius 1 is 1.33 bits per heavy atom. The van der Waals surface area contributed by atoms with Gasteiger partial charge in [-0.1, -0.05) is 6.42 Å². The maximum absolute atomic E-state index is 10.2. The van der Waals surface area contributed by atoms with Crippen molar-refractivity contribution in [2.75, 3.05) is 6.61 Å². The summed E-state index contributed by atoms with van der Waals surface area (Å²) in [5, 5.41) is 18.1. The SMILES string of the molecule is CC1(C)OC(/C=C(\O)CO)C(CCCCC=O)O1. The van der Waals surface area contributed by atoms with Crippen molar-refractivity contribution in [3.05, 3.63) is 11.8 Å². The number of rotatable bonds is 7. The van der Waals surface area contributed by atoms with Crippen molar-refractivity contribution in [3.8, 4) is 0 Å². The van der Waals surface area contributed by atoms with Crippen LogP contribution in [0, 0.1) is 0 Å². The summed E-state index contributed by atoms with van der Waals surface area (Å²) in [6.45, 7) is 3.22. The van der Waals surface area contributed by atoms with E-state index in [2.05, 4.69) is 0 Å². The summed E-state index contributed by atoms with van der Waals surface area (Å²) in [7, 11) is 0. The molecule has 0 aromatic carbocycles. The van der Waals surface area contributed by atoms with Crippen LogP contribution in [0.1, 0.15) is 39.5 Å². The number of hydrogen-bond acceptors (Lipinski definition) is 5. The lowest BCUT2D eigenvalue weighted by Crippen LogP contribution is -2.21. The Hall–Kier alpha value is -0.910. The third-order valence-corrected chi connectivity index (χ3v) is 2.80. The van der Waals surface area contributed by atoms with Crippen molar-refractivity contribution in [2.45, 2.75) is 57.5 Å². The molecule has 2 N–H and O–H groups in total. The molecule has 0 aromatic heterocycles. The van der Waals surface area contributed by atoms with Crippen molar-refractivity contribution in [1.82, 2.24) is 0 Å². The smallest absolute Gasteiger partial charge is 0.164 e. The molecule has 1 heterocycles. The summed E-state index contributed by atoms with van der Waals surface area (Å²) in [6.07, 6.45) is 4.89. The van der Waals surface area contributed by atoms with E-state index in [0.29, 0.717) is 6.42 Å². The highest BCUT2D eigenvalue weighted by molar-refractivity contribution is 5.48. The third-order valence-electron chi connectivity index (χ3n) is 2.80. The fourth-order valence-electron chi connectivity index (χ4n) is 2.04. The number of aliphatic hydroxyl groups excluding tert-OH is 2. The van der Waals surface area contributed by atoms with Crippen LogP contribution >= 0.6 is 0 Å². The van der Waals surface area contributed by atoms with Crippen LogP contribution in [-0.4, -0.2) is 41.1 Å². The summed E-state index contributed by atoms with van der Waals surface area (Å²) in [5.41, 5.74) is 0. The molecule has 0 amide bonds. The molecule has 0 bridgehead atoms. The first kappa shape index (κ1) is 15.1. The quantitative estimate of drug-likeness (QED) is 0.413. The lowest BCUT2D eigenvalue weighted by molar-refractivity contribution is -0.143. The highest BCUT2D eigenvalue weighted by Crippen LogP contribution is 2.32. The molecule has 1 fully saturated rings. The number of aldehydes is 1. The molecule has 18 heavy (non-hydrogen) atoms. The second-order valence-corrected chi connectivity index (χ2v) is 4.91. The first-order chi connectivity index (χ1) is 8.48. The largest absolute Gasteiger partial charge is 0.510 e. The van der Waals surface area contributed by atoms with Gasteiger partial charge >= 0.3 is 0 Å². The topological polar surface area (TPSA) is 76.0 Å². The Balaban J connectivity index is 2.53. The zero-order valence-electron chi connectivity index (χ0n) is 11.0. The van der Waals surface area contributed by atoms with Gasteiger partial charge in [-0.25, -0.2) is 0 Å². The number of carbonyl (C=O) groups is 1. The van der Waals surface area contributed by atoms with Gasteiger partial charge in [0, 0.05) is 6.42 Å². The van der Waals surface area contributed by atoms with Crippen molar-refractivity contribution >= 4 is 6.29 Å². The Bertz CT molecular complexity index is 298. The van der Waals surface area contributed by atoms with Gasteiger partial charge in [-0.05, 0) is 32.8 Å². The molecule has 5 heteroatoms. The summed E-state index contributed by atoms with van der Waals surface area (Å²) in [6, 6.07) is 0. The molecule has 2 unspecified atom stereocenters. The van der Waals surface area contributed by atoms with E-state index in [1.54, 1.807) is 0 Å². The van der Waals surface area contributed by atoms with Crippen LogP contribution in [0.25, 0.3) is 0 Å². The van der Waals surface area contributed by atoms with Gasteiger partial charge in [0.2, 0.25) is 0 Å². The van der Waals surface area contributed by atoms with Gasteiger partial charge < -0.3 is 24.5 Å². The molecule has 0 spiro atoms. The molecular formula is C13H22O5. The summed E-state index contributed by atoms with van der Waals surface area (Å²) in [5.74, 6) is -0.800. The van der Waals surface area contributed by atoms with Crippen molar-refractivity contribution in [1.29, 1.82) is 0 Å². The van der Waals surface area contributed by atoms with E-state index in [1.165, 1.54) is 6.08 Å². The highest BCUT2D eigenvalue weighted by atomic mass is 16.7. The van der Waals surface area contributed by atoms with Crippen molar-refractivity contribution in [2.24, 2.45) is 0 Å². The molecule has 104 valence electrons. The molecule has 1 aliphatic heterocycles. The molecule has 5 nitrogen and oxygen atoms in total. The van der Waals surface area contributed by atoms with Crippen molar-refractivity contribution in [3.63, 3.8) is 0 Å². The molecule has 0 aromatic rings. The molecule has 0 radical (unpaired) electrons. The number of carbonyl (C=O) groups excluding carboxylic acids is 1. The van der Waals surface area contributed by atoms with Crippen LogP contribution in [0.5, 0.6) is 0 Å². The molecule has 0 aliphatic carbocycles. The van der Waals surface area contributed by atoms with E-state index in [-0.39, 0.29) is 18.0 Å². The molecule has 1 saturated heterocycles. The molecule has 2 atom stereocenters. The predicted octanol–water partition coefficient (Wildman–Crippen LogP) is 1.70. The zero-order chi connectivity index (χ0) is 13.6. The van der Waals surface area contributed by atoms with Gasteiger partial charge in [0.1, 0.15) is 18.1 Å². The maximum atomic E-state index is 10.2. The normalized spacial score (nSPS) is 27.4. The zero-order valence-corrected chi connectivity index (χ0v) is 11.0. The van der Waals surface area contributed by atoms with E-state index in [0.717, 1.165) is 25.5 Å². The van der Waals surface area contributed by atoms with Crippen LogP contribution in [-0.2, 0) is 14.3 Å². The fraction of sp³-hybridized carbons (Fsp3) is 0.769. The van der Waals surface area contributed by atoms with Gasteiger partial charge in [-0.15, -0.1) is 0 Å². The lowest BCUT2D eigenvalue weighted by Gasteiger charge is -2.16. The monoisotopic (exact) mass is 258 g/mol. The lowest BCUT2D eigenvalue weighted by atomic mass is 10.1. The number of aliphatic hydroxyl groups is 2. The van der Waals surface area contributed by atoms with Crippen LogP contribution in [0.2, 0.25) is 0 Å². The van der Waals surface area contributed by atoms with E-state index in [4.69, 9.17) is 14.6 Å². The van der Waals surface area contributed by atoms with Crippen LogP contribution in [0.15, 0.2) is 11.8 Å². The molecule has 1 rings (SSSR count). The van der Waals surface area contributed by atoms with Crippen molar-refractivity contribution < 1.29 is 24.5 Å². The van der Waals surface area contributed by atoms with E-state index < -0.39 is 12.4 Å². The number of unbranched alkanes of at least 4 members (excludes halogenated alkanes) is 2. The van der Waals surface area contributed by atoms with Gasteiger partial charge in [0.15, 0.2) is 5.79 Å². The summed E-state index contributed by atoms with van der Waals surface area (Å²) < 4.78 is 11.4. The van der Waals surface area contributed by atoms with Gasteiger partial charge in [0.25, 0.3) is 0 Å². The molecule has 1 aliphatic rings. The summed E-state index contributed by atoms with van der Waals surface area (Å²) in [4.78, 5) is 10.2. The Morgan fingerprint density at radius 2 is 2.06 bits per heavy atom. The first-order valence-electron chi connectivity index (χ1n) is 6.28. The van der Waals surface area contributed by atoms with Gasteiger partial charge in [0.05, 0.1) is 12.7 Å². The standard InChI is InChI=1S/C13H22O5/c1-13(2)17-11(6-4-3-5-7-14)12(18-13)8-10(16)9-15/h7-8,11-12,15-16H,3-6,9H2,1-2H3/b10-8-. The molecule has 0 saturated carbocycles. The highest BCUT2D eigenvalue weighted by Gasteiger charge is 2.39. The first-order valence-corrected chi connectivity index (χ1v) is 6.28. The van der Waals surface area contributed by atoms with Gasteiger partial charge in [-0.3, -0.25) is 0 Å². The Morgan fingerprint density at radius 3 is 2.67 bits per heavy atom. The molecular weight excluding hydrogens is 236 g/mol. The minimum absolute atomic E-state index is 0.112. The number of ether oxygens (including phenoxy) is 2. The van der Waals surface area contributed by atoms with Crippen LogP contribution in [0.4, 0.5) is 0 Å². The third kappa shape index (κ3) is 4.76. The fourth-order valence-corrected chi connectivity index (χ4v) is 2.04. The second kappa shape index (κ2) is 6.87. The van der Waals surface area contributed by atoms with E-state index >= 15 is 0 Å². The van der Waals surface area contributed by atoms with E-state index in [9.17, 15) is 9.90 Å².